The van der Waals surface area contributed by atoms with Crippen molar-refractivity contribution >= 4 is 58.8 Å². The maximum atomic E-state index is 14.1. The lowest BCUT2D eigenvalue weighted by Crippen LogP contribution is -2.30. The SMILES string of the molecule is CS(=O)(=O)c1c(Cl)cc(CN(Cc2cc(CNC(=O)c3cccc(S(=O)(=O)C(F)(F)F)c3)cc(Oc3ccc(F)cc3)c2)S(=O)(=O)c2ccccc2)c(O)c1Cl. The average molecular weight is 876 g/mol. The molecule has 0 bridgehead atoms. The molecule has 0 unspecified atom stereocenters. The summed E-state index contributed by atoms with van der Waals surface area (Å²) < 4.78 is 137. The van der Waals surface area contributed by atoms with E-state index in [1.54, 1.807) is 6.07 Å². The van der Waals surface area contributed by atoms with E-state index in [0.29, 0.717) is 12.1 Å². The second-order valence-electron chi connectivity index (χ2n) is 12.1. The summed E-state index contributed by atoms with van der Waals surface area (Å²) in [6, 6.07) is 20.8. The van der Waals surface area contributed by atoms with Crippen LogP contribution in [0.5, 0.6) is 17.2 Å². The number of sulfonamides is 1. The molecule has 56 heavy (non-hydrogen) atoms. The second kappa shape index (κ2) is 16.4. The maximum Gasteiger partial charge on any atom is 0.501 e. The number of amides is 1. The molecule has 0 saturated heterocycles. The van der Waals surface area contributed by atoms with Crippen molar-refractivity contribution in [2.24, 2.45) is 0 Å². The lowest BCUT2D eigenvalue weighted by atomic mass is 10.1. The molecule has 0 radical (unpaired) electrons. The van der Waals surface area contributed by atoms with Gasteiger partial charge in [-0.3, -0.25) is 4.79 Å². The van der Waals surface area contributed by atoms with Gasteiger partial charge in [0.25, 0.3) is 15.7 Å². The van der Waals surface area contributed by atoms with E-state index in [9.17, 15) is 52.7 Å². The summed E-state index contributed by atoms with van der Waals surface area (Å²) in [5.41, 5.74) is -5.70. The number of halogens is 6. The van der Waals surface area contributed by atoms with Gasteiger partial charge in [-0.25, -0.2) is 29.6 Å². The van der Waals surface area contributed by atoms with Crippen LogP contribution >= 0.6 is 23.2 Å². The minimum absolute atomic E-state index is 0.0696. The van der Waals surface area contributed by atoms with Gasteiger partial charge in [-0.05, 0) is 83.9 Å². The van der Waals surface area contributed by atoms with Crippen molar-refractivity contribution < 1.29 is 57.5 Å². The Morgan fingerprint density at radius 3 is 2.04 bits per heavy atom. The third-order valence-corrected chi connectivity index (χ3v) is 13.3. The lowest BCUT2D eigenvalue weighted by molar-refractivity contribution is -0.0436. The summed E-state index contributed by atoms with van der Waals surface area (Å²) in [6.07, 6.45) is 0.821. The Labute approximate surface area is 329 Å². The third-order valence-electron chi connectivity index (χ3n) is 7.93. The van der Waals surface area contributed by atoms with Gasteiger partial charge in [-0.15, -0.1) is 0 Å². The highest BCUT2D eigenvalue weighted by Crippen LogP contribution is 2.40. The summed E-state index contributed by atoms with van der Waals surface area (Å²) in [5, 5.41) is 12.4. The fourth-order valence-corrected chi connectivity index (χ4v) is 9.71. The Kier molecular flexibility index (Phi) is 12.4. The number of carbonyl (C=O) groups is 1. The Morgan fingerprint density at radius 2 is 1.41 bits per heavy atom. The fourth-order valence-electron chi connectivity index (χ4n) is 5.30. The van der Waals surface area contributed by atoms with Gasteiger partial charge in [0.2, 0.25) is 10.0 Å². The van der Waals surface area contributed by atoms with Crippen LogP contribution in [-0.4, -0.2) is 52.3 Å². The standard InChI is InChI=1S/C36H28Cl2F4N2O9S3/c1-54(47,48)34-31(37)18-25(33(45)32(34)38)21-44(56(51,52)29-7-3-2-4-8-29)20-23-14-22(15-28(16-23)53-27-12-10-26(39)11-13-27)19-43-35(46)24-6-5-9-30(17-24)55(49,50)36(40,41)42/h2-18,45H,19-21H2,1H3,(H,43,46). The number of aromatic hydroxyl groups is 1. The molecule has 5 aromatic carbocycles. The number of carbonyl (C=O) groups excluding carboxylic acids is 1. The van der Waals surface area contributed by atoms with Gasteiger partial charge in [0, 0.05) is 37.0 Å². The number of phenolic OH excluding ortho intramolecular Hbond substituents is 1. The highest BCUT2D eigenvalue weighted by molar-refractivity contribution is 7.92. The summed E-state index contributed by atoms with van der Waals surface area (Å²) in [5.74, 6) is -2.02. The topological polar surface area (TPSA) is 164 Å². The van der Waals surface area contributed by atoms with Crippen LogP contribution < -0.4 is 10.1 Å². The minimum atomic E-state index is -5.76. The smallest absolute Gasteiger partial charge is 0.501 e. The highest BCUT2D eigenvalue weighted by atomic mass is 35.5. The van der Waals surface area contributed by atoms with Crippen molar-refractivity contribution in [3.8, 4) is 17.2 Å². The van der Waals surface area contributed by atoms with Gasteiger partial charge in [-0.1, -0.05) is 53.5 Å². The number of benzene rings is 5. The second-order valence-corrected chi connectivity index (χ2v) is 18.7. The summed E-state index contributed by atoms with van der Waals surface area (Å²) in [4.78, 5) is 11.2. The number of alkyl halides is 3. The number of ether oxygens (including phenoxy) is 1. The molecule has 0 atom stereocenters. The van der Waals surface area contributed by atoms with Crippen LogP contribution in [0.25, 0.3) is 0 Å². The van der Waals surface area contributed by atoms with Gasteiger partial charge in [0.15, 0.2) is 9.84 Å². The van der Waals surface area contributed by atoms with Crippen LogP contribution in [0.1, 0.15) is 27.0 Å². The molecule has 0 aliphatic carbocycles. The third kappa shape index (κ3) is 9.62. The summed E-state index contributed by atoms with van der Waals surface area (Å²) in [7, 11) is -14.2. The van der Waals surface area contributed by atoms with Crippen LogP contribution in [0.4, 0.5) is 17.6 Å². The average Bonchev–Trinajstić information content (AvgIpc) is 3.12. The van der Waals surface area contributed by atoms with Crippen molar-refractivity contribution in [2.75, 3.05) is 6.26 Å². The van der Waals surface area contributed by atoms with Crippen LogP contribution in [-0.2, 0) is 49.3 Å². The normalized spacial score (nSPS) is 12.4. The molecule has 2 N–H and O–H groups in total. The molecule has 1 amide bonds. The molecular weight excluding hydrogens is 847 g/mol. The van der Waals surface area contributed by atoms with Crippen molar-refractivity contribution in [3.63, 3.8) is 0 Å². The van der Waals surface area contributed by atoms with Crippen LogP contribution in [0.15, 0.2) is 118 Å². The fraction of sp³-hybridized carbons (Fsp3) is 0.139. The van der Waals surface area contributed by atoms with E-state index in [1.165, 1.54) is 54.6 Å². The Morgan fingerprint density at radius 1 is 0.786 bits per heavy atom. The molecule has 0 spiro atoms. The first-order chi connectivity index (χ1) is 26.1. The summed E-state index contributed by atoms with van der Waals surface area (Å²) in [6.45, 7) is -1.40. The van der Waals surface area contributed by atoms with E-state index < -0.39 is 86.1 Å². The first kappa shape index (κ1) is 42.4. The van der Waals surface area contributed by atoms with Crippen molar-refractivity contribution in [1.29, 1.82) is 0 Å². The number of rotatable bonds is 13. The van der Waals surface area contributed by atoms with Crippen molar-refractivity contribution in [3.05, 3.63) is 141 Å². The molecule has 0 fully saturated rings. The Bertz CT molecular complexity index is 2630. The van der Waals surface area contributed by atoms with Crippen LogP contribution in [0.3, 0.4) is 0 Å². The molecule has 20 heteroatoms. The first-order valence-corrected chi connectivity index (χ1v) is 21.4. The maximum absolute atomic E-state index is 14.1. The number of hydrogen-bond acceptors (Lipinski definition) is 9. The van der Waals surface area contributed by atoms with Crippen LogP contribution in [0, 0.1) is 5.82 Å². The van der Waals surface area contributed by atoms with E-state index in [-0.39, 0.29) is 44.7 Å². The quantitative estimate of drug-likeness (QED) is 0.113. The van der Waals surface area contributed by atoms with Crippen molar-refractivity contribution in [2.45, 2.75) is 39.8 Å². The largest absolute Gasteiger partial charge is 0.506 e. The van der Waals surface area contributed by atoms with Gasteiger partial charge < -0.3 is 15.2 Å². The minimum Gasteiger partial charge on any atom is -0.506 e. The number of phenols is 1. The molecule has 5 aromatic rings. The van der Waals surface area contributed by atoms with E-state index in [4.69, 9.17) is 27.9 Å². The molecule has 0 aliphatic heterocycles. The number of hydrogen-bond donors (Lipinski definition) is 2. The van der Waals surface area contributed by atoms with Gasteiger partial charge in [-0.2, -0.15) is 17.5 Å². The van der Waals surface area contributed by atoms with E-state index in [2.05, 4.69) is 5.32 Å². The summed E-state index contributed by atoms with van der Waals surface area (Å²) >= 11 is 12.5. The molecule has 296 valence electrons. The molecule has 0 aliphatic rings. The van der Waals surface area contributed by atoms with E-state index in [1.807, 2.05) is 0 Å². The first-order valence-electron chi connectivity index (χ1n) is 15.8. The van der Waals surface area contributed by atoms with E-state index >= 15 is 0 Å². The predicted octanol–water partition coefficient (Wildman–Crippen LogP) is 7.65. The molecule has 11 nitrogen and oxygen atoms in total. The number of sulfone groups is 2. The molecule has 0 heterocycles. The van der Waals surface area contributed by atoms with Crippen molar-refractivity contribution in [1.82, 2.24) is 9.62 Å². The molecule has 0 saturated carbocycles. The molecule has 5 rings (SSSR count). The number of nitrogens with one attached hydrogen (secondary N) is 1. The van der Waals surface area contributed by atoms with Crippen LogP contribution in [0.2, 0.25) is 10.0 Å². The number of nitrogens with zero attached hydrogens (tertiary/aromatic N) is 1. The van der Waals surface area contributed by atoms with E-state index in [0.717, 1.165) is 40.9 Å². The van der Waals surface area contributed by atoms with Gasteiger partial charge >= 0.3 is 5.51 Å². The zero-order valence-electron chi connectivity index (χ0n) is 28.6. The molecule has 0 aromatic heterocycles. The monoisotopic (exact) mass is 874 g/mol. The van der Waals surface area contributed by atoms with Gasteiger partial charge in [0.1, 0.15) is 33.0 Å². The lowest BCUT2D eigenvalue weighted by Gasteiger charge is -2.24. The zero-order chi connectivity index (χ0) is 41.2. The molecular formula is C36H28Cl2F4N2O9S3. The van der Waals surface area contributed by atoms with Gasteiger partial charge in [0.05, 0.1) is 14.8 Å². The Hall–Kier alpha value is -4.72. The Balaban J connectivity index is 1.54. The zero-order valence-corrected chi connectivity index (χ0v) is 32.6. The highest BCUT2D eigenvalue weighted by Gasteiger charge is 2.47. The predicted molar refractivity (Wildman–Crippen MR) is 198 cm³/mol.